The fraction of sp³-hybridized carbons (Fsp3) is 0.167. The Balaban J connectivity index is 2.57. The van der Waals surface area contributed by atoms with Crippen molar-refractivity contribution in [2.45, 2.75) is 11.1 Å². The van der Waals surface area contributed by atoms with Crippen LogP contribution in [-0.2, 0) is 6.18 Å². The Morgan fingerprint density at radius 2 is 1.86 bits per heavy atom. The normalized spacial score (nSPS) is 11.5. The van der Waals surface area contributed by atoms with Gasteiger partial charge >= 0.3 is 6.18 Å². The summed E-state index contributed by atoms with van der Waals surface area (Å²) in [4.78, 5) is 0.233. The maximum Gasteiger partial charge on any atom is 0.416 e. The van der Waals surface area contributed by atoms with Crippen molar-refractivity contribution in [2.24, 2.45) is 0 Å². The first-order valence-electron chi connectivity index (χ1n) is 5.53. The largest absolute Gasteiger partial charge is 0.416 e. The molecule has 1 heterocycles. The molecule has 0 atom stereocenters. The molecule has 0 amide bonds. The van der Waals surface area contributed by atoms with E-state index in [0.29, 0.717) is 12.1 Å². The fourth-order valence-electron chi connectivity index (χ4n) is 1.66. The van der Waals surface area contributed by atoms with Crippen molar-refractivity contribution in [1.82, 2.24) is 9.78 Å². The molecule has 3 nitrogen and oxygen atoms in total. The van der Waals surface area contributed by atoms with Crippen LogP contribution in [0, 0.1) is 11.3 Å². The van der Waals surface area contributed by atoms with Gasteiger partial charge in [-0.3, -0.25) is 0 Å². The van der Waals surface area contributed by atoms with Crippen molar-refractivity contribution in [3.8, 4) is 11.8 Å². The molecule has 0 N–H and O–H groups in total. The van der Waals surface area contributed by atoms with E-state index in [9.17, 15) is 17.6 Å². The van der Waals surface area contributed by atoms with Gasteiger partial charge in [-0.1, -0.05) is 35.0 Å². The second-order valence-corrected chi connectivity index (χ2v) is 5.70. The number of aromatic nitrogens is 2. The van der Waals surface area contributed by atoms with E-state index in [1.165, 1.54) is 6.20 Å². The van der Waals surface area contributed by atoms with Crippen LogP contribution in [0.15, 0.2) is 23.2 Å². The molecule has 0 spiro atoms. The van der Waals surface area contributed by atoms with Crippen molar-refractivity contribution < 1.29 is 17.6 Å². The molecular weight excluding hydrogens is 365 g/mol. The number of hydrogen-bond acceptors (Lipinski definition) is 3. The van der Waals surface area contributed by atoms with Gasteiger partial charge in [-0.25, -0.2) is 9.07 Å². The van der Waals surface area contributed by atoms with Gasteiger partial charge in [0.05, 0.1) is 20.5 Å². The summed E-state index contributed by atoms with van der Waals surface area (Å²) in [5, 5.41) is 12.2. The van der Waals surface area contributed by atoms with Crippen molar-refractivity contribution in [2.75, 3.05) is 6.01 Å². The van der Waals surface area contributed by atoms with Gasteiger partial charge in [-0.2, -0.15) is 23.5 Å². The minimum Gasteiger partial charge on any atom is -0.239 e. The predicted octanol–water partition coefficient (Wildman–Crippen LogP) is 5.09. The predicted molar refractivity (Wildman–Crippen MR) is 75.1 cm³/mol. The fourth-order valence-corrected chi connectivity index (χ4v) is 2.84. The summed E-state index contributed by atoms with van der Waals surface area (Å²) in [6.07, 6.45) is -3.31. The van der Waals surface area contributed by atoms with Crippen molar-refractivity contribution in [1.29, 1.82) is 5.26 Å². The monoisotopic (exact) mass is 369 g/mol. The van der Waals surface area contributed by atoms with Gasteiger partial charge < -0.3 is 0 Å². The number of rotatable bonds is 3. The molecule has 2 aromatic rings. The van der Waals surface area contributed by atoms with Crippen LogP contribution >= 0.6 is 35.0 Å². The van der Waals surface area contributed by atoms with Crippen LogP contribution in [-0.4, -0.2) is 15.8 Å². The highest BCUT2D eigenvalue weighted by Crippen LogP contribution is 2.38. The Bertz CT molecular complexity index is 729. The maximum absolute atomic E-state index is 12.7. The molecule has 1 aromatic carbocycles. The molecule has 1 aromatic heterocycles. The highest BCUT2D eigenvalue weighted by molar-refractivity contribution is 7.99. The van der Waals surface area contributed by atoms with Gasteiger partial charge in [0.1, 0.15) is 17.8 Å². The summed E-state index contributed by atoms with van der Waals surface area (Å²) in [5.74, 6) is 0. The first-order chi connectivity index (χ1) is 10.3. The number of hydrogen-bond donors (Lipinski definition) is 0. The second kappa shape index (κ2) is 6.36. The SMILES string of the molecule is N#Cc1nn(-c2c(Cl)cc(C(F)(F)F)cc2Cl)cc1SCF. The van der Waals surface area contributed by atoms with Gasteiger partial charge in [0.2, 0.25) is 0 Å². The summed E-state index contributed by atoms with van der Waals surface area (Å²) in [6, 6.07) is 2.39. The lowest BCUT2D eigenvalue weighted by atomic mass is 10.2. The molecule has 0 fully saturated rings. The average molecular weight is 370 g/mol. The average Bonchev–Trinajstić information content (AvgIpc) is 2.80. The zero-order valence-electron chi connectivity index (χ0n) is 10.5. The van der Waals surface area contributed by atoms with Crippen molar-refractivity contribution in [3.63, 3.8) is 0 Å². The topological polar surface area (TPSA) is 41.6 Å². The van der Waals surface area contributed by atoms with E-state index < -0.39 is 17.7 Å². The molecule has 0 radical (unpaired) electrons. The van der Waals surface area contributed by atoms with Crippen molar-refractivity contribution in [3.05, 3.63) is 39.6 Å². The number of alkyl halides is 4. The third kappa shape index (κ3) is 3.32. The molecule has 0 aliphatic rings. The molecule has 0 saturated carbocycles. The summed E-state index contributed by atoms with van der Waals surface area (Å²) in [5.41, 5.74) is -1.09. The smallest absolute Gasteiger partial charge is 0.239 e. The number of benzene rings is 1. The molecular formula is C12H5Cl2F4N3S. The maximum atomic E-state index is 12.7. The highest BCUT2D eigenvalue weighted by Gasteiger charge is 2.32. The molecule has 0 bridgehead atoms. The molecule has 10 heteroatoms. The van der Waals surface area contributed by atoms with Crippen molar-refractivity contribution >= 4 is 35.0 Å². The van der Waals surface area contributed by atoms with Crippen LogP contribution in [0.1, 0.15) is 11.3 Å². The van der Waals surface area contributed by atoms with Crippen LogP contribution in [0.25, 0.3) is 5.69 Å². The van der Waals surface area contributed by atoms with E-state index in [1.54, 1.807) is 6.07 Å². The highest BCUT2D eigenvalue weighted by atomic mass is 35.5. The molecule has 116 valence electrons. The lowest BCUT2D eigenvalue weighted by Gasteiger charge is -2.12. The minimum atomic E-state index is -4.59. The standard InChI is InChI=1S/C12H5Cl2F4N3S/c13-7-1-6(12(16,17)18)2-8(14)11(7)21-4-10(22-5-15)9(3-19)20-21/h1-2,4H,5H2. The lowest BCUT2D eigenvalue weighted by Crippen LogP contribution is -2.07. The Hall–Kier alpha value is -1.43. The van der Waals surface area contributed by atoms with E-state index in [-0.39, 0.29) is 26.3 Å². The number of nitrogens with zero attached hydrogens (tertiary/aromatic N) is 3. The van der Waals surface area contributed by atoms with Gasteiger partial charge in [-0.15, -0.1) is 0 Å². The van der Waals surface area contributed by atoms with Crippen LogP contribution in [0.3, 0.4) is 0 Å². The van der Waals surface area contributed by atoms with Crippen LogP contribution in [0.5, 0.6) is 0 Å². The zero-order valence-corrected chi connectivity index (χ0v) is 12.8. The second-order valence-electron chi connectivity index (χ2n) is 3.94. The van der Waals surface area contributed by atoms with E-state index >= 15 is 0 Å². The molecule has 2 rings (SSSR count). The molecule has 0 saturated heterocycles. The van der Waals surface area contributed by atoms with E-state index in [2.05, 4.69) is 5.10 Å². The van der Waals surface area contributed by atoms with Crippen LogP contribution in [0.2, 0.25) is 10.0 Å². The summed E-state index contributed by atoms with van der Waals surface area (Å²) < 4.78 is 51.5. The van der Waals surface area contributed by atoms with E-state index in [4.69, 9.17) is 28.5 Å². The summed E-state index contributed by atoms with van der Waals surface area (Å²) >= 11 is 12.4. The van der Waals surface area contributed by atoms with Gasteiger partial charge in [0.25, 0.3) is 0 Å². The number of nitriles is 1. The van der Waals surface area contributed by atoms with Gasteiger partial charge in [0.15, 0.2) is 5.69 Å². The Morgan fingerprint density at radius 1 is 1.27 bits per heavy atom. The third-order valence-electron chi connectivity index (χ3n) is 2.57. The lowest BCUT2D eigenvalue weighted by molar-refractivity contribution is -0.137. The first kappa shape index (κ1) is 16.9. The first-order valence-corrected chi connectivity index (χ1v) is 7.27. The van der Waals surface area contributed by atoms with Gasteiger partial charge in [-0.05, 0) is 12.1 Å². The van der Waals surface area contributed by atoms with E-state index in [0.717, 1.165) is 16.4 Å². The number of halogens is 6. The van der Waals surface area contributed by atoms with Crippen LogP contribution in [0.4, 0.5) is 17.6 Å². The summed E-state index contributed by atoms with van der Waals surface area (Å²) in [7, 11) is 0. The van der Waals surface area contributed by atoms with Gasteiger partial charge in [0, 0.05) is 6.20 Å². The quantitative estimate of drug-likeness (QED) is 0.558. The summed E-state index contributed by atoms with van der Waals surface area (Å²) in [6.45, 7) is 0. The number of thioether (sulfide) groups is 1. The molecule has 0 aliphatic heterocycles. The Labute approximate surface area is 136 Å². The Kier molecular flexibility index (Phi) is 4.90. The Morgan fingerprint density at radius 3 is 2.32 bits per heavy atom. The van der Waals surface area contributed by atoms with Crippen LogP contribution < -0.4 is 0 Å². The third-order valence-corrected chi connectivity index (χ3v) is 3.87. The zero-order chi connectivity index (χ0) is 16.5. The minimum absolute atomic E-state index is 0.0152. The molecule has 0 unspecified atom stereocenters. The molecule has 22 heavy (non-hydrogen) atoms. The molecule has 0 aliphatic carbocycles. The van der Waals surface area contributed by atoms with E-state index in [1.807, 2.05) is 0 Å².